The average molecular weight is 261 g/mol. The Bertz CT molecular complexity index is 361. The summed E-state index contributed by atoms with van der Waals surface area (Å²) in [5, 5.41) is 7.12. The number of nitrogens with one attached hydrogen (secondary N) is 2. The van der Waals surface area contributed by atoms with Crippen LogP contribution in [0.4, 0.5) is 0 Å². The van der Waals surface area contributed by atoms with Gasteiger partial charge in [-0.05, 0) is 37.6 Å². The molecule has 0 bridgehead atoms. The maximum Gasteiger partial charge on any atom is 0.0207 e. The monoisotopic (exact) mass is 261 g/mol. The molecule has 1 unspecified atom stereocenters. The molecule has 106 valence electrons. The van der Waals surface area contributed by atoms with Gasteiger partial charge in [0.2, 0.25) is 0 Å². The Balaban J connectivity index is 1.63. The molecular weight excluding hydrogens is 234 g/mol. The molecule has 2 N–H and O–H groups in total. The lowest BCUT2D eigenvalue weighted by Crippen LogP contribution is -2.49. The highest BCUT2D eigenvalue weighted by molar-refractivity contribution is 5.22. The van der Waals surface area contributed by atoms with Crippen LogP contribution in [0.1, 0.15) is 24.5 Å². The van der Waals surface area contributed by atoms with E-state index in [1.54, 1.807) is 0 Å². The molecule has 1 aliphatic rings. The van der Waals surface area contributed by atoms with Gasteiger partial charge in [-0.15, -0.1) is 0 Å². The predicted molar refractivity (Wildman–Crippen MR) is 81.4 cm³/mol. The molecular formula is C16H27N3. The molecule has 1 atom stereocenters. The molecule has 19 heavy (non-hydrogen) atoms. The van der Waals surface area contributed by atoms with E-state index in [1.165, 1.54) is 30.6 Å². The van der Waals surface area contributed by atoms with Crippen LogP contribution in [0.2, 0.25) is 0 Å². The standard InChI is InChI=1S/C16H27N3/c1-3-14-4-6-15(7-5-14)12-17-9-8-16-13-19(2)11-10-18-16/h4-7,16-18H,3,8-13H2,1-2H3. The second-order valence-corrected chi connectivity index (χ2v) is 5.55. The molecule has 3 nitrogen and oxygen atoms in total. The number of aryl methyl sites for hydroxylation is 1. The largest absolute Gasteiger partial charge is 0.313 e. The predicted octanol–water partition coefficient (Wildman–Crippen LogP) is 1.63. The van der Waals surface area contributed by atoms with Crippen LogP contribution >= 0.6 is 0 Å². The third-order valence-corrected chi connectivity index (χ3v) is 3.89. The minimum atomic E-state index is 0.647. The number of benzene rings is 1. The lowest BCUT2D eigenvalue weighted by molar-refractivity contribution is 0.231. The zero-order valence-electron chi connectivity index (χ0n) is 12.3. The molecule has 0 spiro atoms. The normalized spacial score (nSPS) is 20.6. The summed E-state index contributed by atoms with van der Waals surface area (Å²) in [4.78, 5) is 2.41. The zero-order chi connectivity index (χ0) is 13.5. The van der Waals surface area contributed by atoms with Crippen molar-refractivity contribution in [2.45, 2.75) is 32.4 Å². The summed E-state index contributed by atoms with van der Waals surface area (Å²) in [6, 6.07) is 9.58. The zero-order valence-corrected chi connectivity index (χ0v) is 12.3. The molecule has 0 saturated carbocycles. The van der Waals surface area contributed by atoms with Crippen LogP contribution in [0.25, 0.3) is 0 Å². The van der Waals surface area contributed by atoms with Crippen molar-refractivity contribution >= 4 is 0 Å². The SMILES string of the molecule is CCc1ccc(CNCCC2CN(C)CCN2)cc1. The highest BCUT2D eigenvalue weighted by Gasteiger charge is 2.15. The first kappa shape index (κ1) is 14.5. The lowest BCUT2D eigenvalue weighted by atomic mass is 10.1. The Labute approximate surface area is 117 Å². The maximum absolute atomic E-state index is 3.58. The van der Waals surface area contributed by atoms with Gasteiger partial charge in [-0.1, -0.05) is 31.2 Å². The van der Waals surface area contributed by atoms with Gasteiger partial charge in [-0.3, -0.25) is 0 Å². The van der Waals surface area contributed by atoms with Crippen LogP contribution in [-0.4, -0.2) is 44.2 Å². The van der Waals surface area contributed by atoms with Gasteiger partial charge in [0.15, 0.2) is 0 Å². The van der Waals surface area contributed by atoms with Crippen molar-refractivity contribution in [1.29, 1.82) is 0 Å². The van der Waals surface area contributed by atoms with Gasteiger partial charge < -0.3 is 15.5 Å². The molecule has 2 rings (SSSR count). The van der Waals surface area contributed by atoms with E-state index in [2.05, 4.69) is 53.8 Å². The van der Waals surface area contributed by atoms with Crippen molar-refractivity contribution in [1.82, 2.24) is 15.5 Å². The van der Waals surface area contributed by atoms with Crippen molar-refractivity contribution in [2.75, 3.05) is 33.2 Å². The van der Waals surface area contributed by atoms with E-state index >= 15 is 0 Å². The molecule has 1 saturated heterocycles. The van der Waals surface area contributed by atoms with Gasteiger partial charge in [0, 0.05) is 32.2 Å². The third kappa shape index (κ3) is 4.94. The highest BCUT2D eigenvalue weighted by atomic mass is 15.2. The van der Waals surface area contributed by atoms with E-state index in [4.69, 9.17) is 0 Å². The Kier molecular flexibility index (Phi) is 5.83. The van der Waals surface area contributed by atoms with E-state index in [-0.39, 0.29) is 0 Å². The molecule has 0 radical (unpaired) electrons. The second kappa shape index (κ2) is 7.63. The van der Waals surface area contributed by atoms with Crippen LogP contribution in [0.5, 0.6) is 0 Å². The van der Waals surface area contributed by atoms with Crippen LogP contribution < -0.4 is 10.6 Å². The third-order valence-electron chi connectivity index (χ3n) is 3.89. The van der Waals surface area contributed by atoms with Gasteiger partial charge in [-0.25, -0.2) is 0 Å². The molecule has 3 heteroatoms. The number of piperazine rings is 1. The first-order valence-electron chi connectivity index (χ1n) is 7.48. The summed E-state index contributed by atoms with van der Waals surface area (Å²) >= 11 is 0. The Morgan fingerprint density at radius 1 is 1.26 bits per heavy atom. The summed E-state index contributed by atoms with van der Waals surface area (Å²) in [7, 11) is 2.20. The van der Waals surface area contributed by atoms with Gasteiger partial charge in [-0.2, -0.15) is 0 Å². The van der Waals surface area contributed by atoms with Crippen molar-refractivity contribution in [2.24, 2.45) is 0 Å². The molecule has 1 aliphatic heterocycles. The van der Waals surface area contributed by atoms with Crippen molar-refractivity contribution in [3.05, 3.63) is 35.4 Å². The second-order valence-electron chi connectivity index (χ2n) is 5.55. The number of rotatable bonds is 6. The van der Waals surface area contributed by atoms with E-state index in [0.717, 1.165) is 26.1 Å². The Morgan fingerprint density at radius 3 is 2.68 bits per heavy atom. The molecule has 1 aromatic carbocycles. The van der Waals surface area contributed by atoms with Crippen LogP contribution in [0, 0.1) is 0 Å². The fourth-order valence-electron chi connectivity index (χ4n) is 2.59. The molecule has 1 heterocycles. The first-order chi connectivity index (χ1) is 9.28. The fraction of sp³-hybridized carbons (Fsp3) is 0.625. The minimum Gasteiger partial charge on any atom is -0.313 e. The minimum absolute atomic E-state index is 0.647. The molecule has 0 amide bonds. The van der Waals surface area contributed by atoms with Gasteiger partial charge in [0.05, 0.1) is 0 Å². The number of likely N-dealkylation sites (N-methyl/N-ethyl adjacent to an activating group) is 1. The first-order valence-corrected chi connectivity index (χ1v) is 7.48. The number of hydrogen-bond donors (Lipinski definition) is 2. The summed E-state index contributed by atoms with van der Waals surface area (Å²) in [5.41, 5.74) is 2.80. The number of hydrogen-bond acceptors (Lipinski definition) is 3. The summed E-state index contributed by atoms with van der Waals surface area (Å²) in [6.45, 7) is 7.73. The smallest absolute Gasteiger partial charge is 0.0207 e. The summed E-state index contributed by atoms with van der Waals surface area (Å²) in [6.07, 6.45) is 2.33. The lowest BCUT2D eigenvalue weighted by Gasteiger charge is -2.30. The van der Waals surface area contributed by atoms with Crippen LogP contribution in [-0.2, 0) is 13.0 Å². The van der Waals surface area contributed by atoms with Crippen LogP contribution in [0.3, 0.4) is 0 Å². The van der Waals surface area contributed by atoms with E-state index < -0.39 is 0 Å². The van der Waals surface area contributed by atoms with E-state index in [1.807, 2.05) is 0 Å². The maximum atomic E-state index is 3.58. The molecule has 1 fully saturated rings. The summed E-state index contributed by atoms with van der Waals surface area (Å²) < 4.78 is 0. The Hall–Kier alpha value is -0.900. The van der Waals surface area contributed by atoms with Crippen LogP contribution in [0.15, 0.2) is 24.3 Å². The highest BCUT2D eigenvalue weighted by Crippen LogP contribution is 2.05. The molecule has 0 aliphatic carbocycles. The quantitative estimate of drug-likeness (QED) is 0.762. The van der Waals surface area contributed by atoms with Gasteiger partial charge in [0.1, 0.15) is 0 Å². The molecule has 1 aromatic rings. The topological polar surface area (TPSA) is 27.3 Å². The molecule has 0 aromatic heterocycles. The van der Waals surface area contributed by atoms with E-state index in [9.17, 15) is 0 Å². The fourth-order valence-corrected chi connectivity index (χ4v) is 2.59. The van der Waals surface area contributed by atoms with Gasteiger partial charge >= 0.3 is 0 Å². The number of nitrogens with zero attached hydrogens (tertiary/aromatic N) is 1. The average Bonchev–Trinajstić information content (AvgIpc) is 2.44. The van der Waals surface area contributed by atoms with Crippen molar-refractivity contribution in [3.8, 4) is 0 Å². The van der Waals surface area contributed by atoms with Crippen molar-refractivity contribution < 1.29 is 0 Å². The van der Waals surface area contributed by atoms with Crippen molar-refractivity contribution in [3.63, 3.8) is 0 Å². The van der Waals surface area contributed by atoms with Gasteiger partial charge in [0.25, 0.3) is 0 Å². The Morgan fingerprint density at radius 2 is 2.00 bits per heavy atom. The van der Waals surface area contributed by atoms with E-state index in [0.29, 0.717) is 6.04 Å². The summed E-state index contributed by atoms with van der Waals surface area (Å²) in [5.74, 6) is 0.